The van der Waals surface area contributed by atoms with E-state index in [1.54, 1.807) is 6.20 Å². The van der Waals surface area contributed by atoms with Gasteiger partial charge < -0.3 is 10.7 Å². The maximum atomic E-state index is 6.36. The number of nitrogens with two attached hydrogens (primary N) is 1. The second-order valence-electron chi connectivity index (χ2n) is 4.75. The molecule has 2 aromatic heterocycles. The first-order valence-corrected chi connectivity index (χ1v) is 7.45. The van der Waals surface area contributed by atoms with Crippen molar-refractivity contribution in [2.45, 2.75) is 31.2 Å². The van der Waals surface area contributed by atoms with Gasteiger partial charge in [-0.15, -0.1) is 11.3 Å². The summed E-state index contributed by atoms with van der Waals surface area (Å²) >= 11 is 13.4. The molecule has 1 aliphatic rings. The molecule has 3 nitrogen and oxygen atoms in total. The Labute approximate surface area is 119 Å². The van der Waals surface area contributed by atoms with E-state index in [0.29, 0.717) is 8.67 Å². The molecule has 0 amide bonds. The van der Waals surface area contributed by atoms with E-state index in [1.165, 1.54) is 11.3 Å². The zero-order valence-corrected chi connectivity index (χ0v) is 12.0. The zero-order valence-electron chi connectivity index (χ0n) is 9.67. The van der Waals surface area contributed by atoms with Gasteiger partial charge in [0.25, 0.3) is 0 Å². The van der Waals surface area contributed by atoms with E-state index in [4.69, 9.17) is 28.9 Å². The SMILES string of the molecule is NC1(c2ncc(-c3cc(Cl)sc3Cl)[nH]2)CCCC1. The fourth-order valence-corrected chi connectivity index (χ4v) is 3.97. The van der Waals surface area contributed by atoms with E-state index in [-0.39, 0.29) is 5.54 Å². The maximum Gasteiger partial charge on any atom is 0.126 e. The van der Waals surface area contributed by atoms with Crippen LogP contribution in [0.2, 0.25) is 8.67 Å². The summed E-state index contributed by atoms with van der Waals surface area (Å²) in [5.74, 6) is 0.855. The number of nitrogens with zero attached hydrogens (tertiary/aromatic N) is 1. The average molecular weight is 302 g/mol. The molecule has 0 unspecified atom stereocenters. The van der Waals surface area contributed by atoms with Crippen LogP contribution in [-0.2, 0) is 5.54 Å². The van der Waals surface area contributed by atoms with Gasteiger partial charge in [0.2, 0.25) is 0 Å². The zero-order chi connectivity index (χ0) is 12.8. The molecule has 18 heavy (non-hydrogen) atoms. The largest absolute Gasteiger partial charge is 0.340 e. The molecule has 6 heteroatoms. The number of hydrogen-bond donors (Lipinski definition) is 2. The Morgan fingerprint density at radius 2 is 2.06 bits per heavy atom. The van der Waals surface area contributed by atoms with Crippen LogP contribution in [-0.4, -0.2) is 9.97 Å². The van der Waals surface area contributed by atoms with Crippen molar-refractivity contribution >= 4 is 34.5 Å². The van der Waals surface area contributed by atoms with Crippen molar-refractivity contribution < 1.29 is 0 Å². The molecule has 96 valence electrons. The molecule has 3 N–H and O–H groups in total. The monoisotopic (exact) mass is 301 g/mol. The Morgan fingerprint density at radius 1 is 1.33 bits per heavy atom. The van der Waals surface area contributed by atoms with Gasteiger partial charge in [0.15, 0.2) is 0 Å². The lowest BCUT2D eigenvalue weighted by Gasteiger charge is -2.20. The molecular weight excluding hydrogens is 289 g/mol. The van der Waals surface area contributed by atoms with Crippen molar-refractivity contribution in [2.75, 3.05) is 0 Å². The number of aromatic amines is 1. The fraction of sp³-hybridized carbons (Fsp3) is 0.417. The lowest BCUT2D eigenvalue weighted by atomic mass is 9.99. The number of rotatable bonds is 2. The van der Waals surface area contributed by atoms with Gasteiger partial charge >= 0.3 is 0 Å². The Morgan fingerprint density at radius 3 is 2.67 bits per heavy atom. The van der Waals surface area contributed by atoms with Crippen molar-refractivity contribution in [3.05, 3.63) is 26.8 Å². The first-order valence-electron chi connectivity index (χ1n) is 5.88. The summed E-state index contributed by atoms with van der Waals surface area (Å²) in [6.07, 6.45) is 6.08. The van der Waals surface area contributed by atoms with E-state index in [9.17, 15) is 0 Å². The van der Waals surface area contributed by atoms with Gasteiger partial charge in [-0.25, -0.2) is 4.98 Å². The van der Waals surface area contributed by atoms with Gasteiger partial charge in [-0.05, 0) is 18.9 Å². The number of thiophene rings is 1. The minimum atomic E-state index is -0.301. The molecule has 1 aliphatic carbocycles. The lowest BCUT2D eigenvalue weighted by molar-refractivity contribution is 0.436. The summed E-state index contributed by atoms with van der Waals surface area (Å²) in [7, 11) is 0. The molecule has 1 saturated carbocycles. The third kappa shape index (κ3) is 2.07. The van der Waals surface area contributed by atoms with Crippen LogP contribution < -0.4 is 5.73 Å². The third-order valence-corrected chi connectivity index (χ3v) is 4.98. The first-order chi connectivity index (χ1) is 8.58. The predicted molar refractivity (Wildman–Crippen MR) is 76.3 cm³/mol. The smallest absolute Gasteiger partial charge is 0.126 e. The Hall–Kier alpha value is -0.550. The Bertz CT molecular complexity index is 570. The molecule has 0 aromatic carbocycles. The van der Waals surface area contributed by atoms with Crippen LogP contribution in [0.25, 0.3) is 11.3 Å². The van der Waals surface area contributed by atoms with Crippen LogP contribution in [0.15, 0.2) is 12.3 Å². The van der Waals surface area contributed by atoms with Crippen LogP contribution in [0.5, 0.6) is 0 Å². The fourth-order valence-electron chi connectivity index (χ4n) is 2.48. The van der Waals surface area contributed by atoms with E-state index in [0.717, 1.165) is 42.8 Å². The van der Waals surface area contributed by atoms with Crippen LogP contribution >= 0.6 is 34.5 Å². The number of nitrogens with one attached hydrogen (secondary N) is 1. The molecular formula is C12H13Cl2N3S. The quantitative estimate of drug-likeness (QED) is 0.874. The highest BCUT2D eigenvalue weighted by molar-refractivity contribution is 7.20. The first kappa shape index (κ1) is 12.5. The Balaban J connectivity index is 1.96. The second kappa shape index (κ2) is 4.53. The number of imidazole rings is 1. The minimum absolute atomic E-state index is 0.301. The van der Waals surface area contributed by atoms with Crippen LogP contribution in [0.4, 0.5) is 0 Å². The molecule has 2 aromatic rings. The van der Waals surface area contributed by atoms with Gasteiger partial charge in [0.05, 0.1) is 21.8 Å². The summed E-state index contributed by atoms with van der Waals surface area (Å²) < 4.78 is 1.35. The van der Waals surface area contributed by atoms with E-state index in [2.05, 4.69) is 9.97 Å². The van der Waals surface area contributed by atoms with Gasteiger partial charge in [0.1, 0.15) is 10.2 Å². The summed E-state index contributed by atoms with van der Waals surface area (Å²) in [5.41, 5.74) is 7.84. The highest BCUT2D eigenvalue weighted by Gasteiger charge is 2.34. The highest BCUT2D eigenvalue weighted by Crippen LogP contribution is 2.39. The van der Waals surface area contributed by atoms with E-state index in [1.807, 2.05) is 6.07 Å². The van der Waals surface area contributed by atoms with Crippen molar-refractivity contribution in [3.8, 4) is 11.3 Å². The van der Waals surface area contributed by atoms with Crippen LogP contribution in [0, 0.1) is 0 Å². The number of aromatic nitrogens is 2. The van der Waals surface area contributed by atoms with Crippen molar-refractivity contribution in [1.82, 2.24) is 9.97 Å². The molecule has 0 atom stereocenters. The highest BCUT2D eigenvalue weighted by atomic mass is 35.5. The topological polar surface area (TPSA) is 54.7 Å². The number of hydrogen-bond acceptors (Lipinski definition) is 3. The van der Waals surface area contributed by atoms with Crippen molar-refractivity contribution in [2.24, 2.45) is 5.73 Å². The van der Waals surface area contributed by atoms with Crippen molar-refractivity contribution in [1.29, 1.82) is 0 Å². The summed E-state index contributed by atoms with van der Waals surface area (Å²) in [6, 6.07) is 1.85. The van der Waals surface area contributed by atoms with Gasteiger partial charge in [-0.3, -0.25) is 0 Å². The number of halogens is 2. The van der Waals surface area contributed by atoms with Gasteiger partial charge in [-0.2, -0.15) is 0 Å². The molecule has 0 aliphatic heterocycles. The minimum Gasteiger partial charge on any atom is -0.340 e. The van der Waals surface area contributed by atoms with E-state index >= 15 is 0 Å². The predicted octanol–water partition coefficient (Wildman–Crippen LogP) is 4.17. The van der Waals surface area contributed by atoms with Gasteiger partial charge in [0, 0.05) is 5.56 Å². The molecule has 0 bridgehead atoms. The third-order valence-electron chi connectivity index (χ3n) is 3.49. The van der Waals surface area contributed by atoms with Crippen LogP contribution in [0.3, 0.4) is 0 Å². The summed E-state index contributed by atoms with van der Waals surface area (Å²) in [4.78, 5) is 7.71. The number of H-pyrrole nitrogens is 1. The maximum absolute atomic E-state index is 6.36. The second-order valence-corrected chi connectivity index (χ2v) is 7.03. The summed E-state index contributed by atoms with van der Waals surface area (Å²) in [5, 5.41) is 0. The molecule has 0 saturated heterocycles. The lowest BCUT2D eigenvalue weighted by Crippen LogP contribution is -2.34. The normalized spacial score (nSPS) is 18.4. The standard InChI is InChI=1S/C12H13Cl2N3S/c13-9-5-7(10(14)18-9)8-6-16-11(17-8)12(15)3-1-2-4-12/h5-6H,1-4,15H2,(H,16,17). The van der Waals surface area contributed by atoms with Crippen LogP contribution in [0.1, 0.15) is 31.5 Å². The van der Waals surface area contributed by atoms with E-state index < -0.39 is 0 Å². The molecule has 2 heterocycles. The van der Waals surface area contributed by atoms with Gasteiger partial charge in [-0.1, -0.05) is 36.0 Å². The molecule has 3 rings (SSSR count). The Kier molecular flexibility index (Phi) is 3.14. The summed E-state index contributed by atoms with van der Waals surface area (Å²) in [6.45, 7) is 0. The molecule has 1 fully saturated rings. The molecule has 0 radical (unpaired) electrons. The van der Waals surface area contributed by atoms with Crippen molar-refractivity contribution in [3.63, 3.8) is 0 Å². The molecule has 0 spiro atoms. The average Bonchev–Trinajstić information content (AvgIpc) is 2.99.